The van der Waals surface area contributed by atoms with E-state index in [1.54, 1.807) is 30.0 Å². The first kappa shape index (κ1) is 59.4. The van der Waals surface area contributed by atoms with Crippen LogP contribution in [0.4, 0.5) is 58.4 Å². The Morgan fingerprint density at radius 3 is 1.54 bits per heavy atom. The average Bonchev–Trinajstić information content (AvgIpc) is 4.40. The first-order valence-electron chi connectivity index (χ1n) is 26.1. The number of nitrogens with one attached hydrogen (secondary N) is 4. The number of amides is 2. The monoisotopic (exact) mass is 1150 g/mol. The van der Waals surface area contributed by atoms with Crippen molar-refractivity contribution in [2.24, 2.45) is 5.41 Å². The maximum Gasteiger partial charge on any atom is 0.419 e. The standard InChI is InChI=1S/C28H32F4N6O3.C28H30F4N6OS/c1-26(2,3)38-23(12-15-34-38)36-22-9-4-6-18(35-22)16-27(25(40)37-33-17-39)13-10-19(11-14-27)41-21-8-5-7-20(24(21)29)28(30,31)32;1-26(2,3)38-23(12-15-34-38)36-22-9-4-6-18(35-22)16-27(25-37-33-17-40-25)13-10-19(11-14-27)39-21-8-5-7-20(24(21)29)28(30,31)32/h4-9,12,15,17,19H,10-11,13-14,16H2,1-3H3,(H,33,39)(H,35,36)(H,37,40);4-9,12,15,17,19H,10-11,13-14,16H2,1-3H3,(H,35,36). The Morgan fingerprint density at radius 2 is 1.11 bits per heavy atom. The summed E-state index contributed by atoms with van der Waals surface area (Å²) < 4.78 is 123. The van der Waals surface area contributed by atoms with Gasteiger partial charge in [-0.05, 0) is 141 Å². The number of ether oxygens (including phenoxy) is 2. The van der Waals surface area contributed by atoms with Gasteiger partial charge in [0, 0.05) is 41.8 Å². The molecule has 0 bridgehead atoms. The molecule has 9 rings (SSSR count). The number of hydrogen-bond acceptors (Lipinski definition) is 13. The van der Waals surface area contributed by atoms with E-state index in [4.69, 9.17) is 19.4 Å². The molecule has 2 aliphatic carbocycles. The summed E-state index contributed by atoms with van der Waals surface area (Å²) in [5, 5.41) is 24.7. The van der Waals surface area contributed by atoms with Crippen molar-refractivity contribution in [2.45, 2.75) is 147 Å². The summed E-state index contributed by atoms with van der Waals surface area (Å²) in [6.45, 7) is 12.3. The fourth-order valence-corrected chi connectivity index (χ4v) is 11.0. The summed E-state index contributed by atoms with van der Waals surface area (Å²) in [6, 6.07) is 21.0. The highest BCUT2D eigenvalue weighted by molar-refractivity contribution is 7.09. The van der Waals surface area contributed by atoms with Crippen LogP contribution in [-0.2, 0) is 51.3 Å². The van der Waals surface area contributed by atoms with E-state index in [0.29, 0.717) is 61.9 Å². The van der Waals surface area contributed by atoms with E-state index in [-0.39, 0.29) is 54.3 Å². The van der Waals surface area contributed by atoms with Crippen LogP contribution in [0.1, 0.15) is 120 Å². The van der Waals surface area contributed by atoms with Gasteiger partial charge in [0.15, 0.2) is 23.1 Å². The minimum Gasteiger partial charge on any atom is -0.487 e. The molecule has 0 radical (unpaired) electrons. The second-order valence-corrected chi connectivity index (χ2v) is 22.9. The van der Waals surface area contributed by atoms with Crippen molar-refractivity contribution < 1.29 is 54.2 Å². The quantitative estimate of drug-likeness (QED) is 0.0408. The third-order valence-electron chi connectivity index (χ3n) is 14.2. The van der Waals surface area contributed by atoms with Crippen LogP contribution in [0.5, 0.6) is 11.5 Å². The van der Waals surface area contributed by atoms with Crippen LogP contribution in [0.15, 0.2) is 103 Å². The van der Waals surface area contributed by atoms with Crippen LogP contribution in [0.3, 0.4) is 0 Å². The van der Waals surface area contributed by atoms with Gasteiger partial charge in [0.2, 0.25) is 12.3 Å². The molecule has 2 amide bonds. The number of benzene rings is 2. The van der Waals surface area contributed by atoms with Gasteiger partial charge in [0.05, 0.1) is 52.2 Å². The minimum absolute atomic E-state index is 0.205. The molecule has 0 saturated heterocycles. The topological polar surface area (TPSA) is 188 Å². The van der Waals surface area contributed by atoms with Crippen molar-refractivity contribution in [1.29, 1.82) is 0 Å². The summed E-state index contributed by atoms with van der Waals surface area (Å²) in [5.74, 6) is -1.33. The molecule has 0 unspecified atom stereocenters. The Morgan fingerprint density at radius 1 is 0.654 bits per heavy atom. The zero-order valence-electron chi connectivity index (χ0n) is 45.3. The van der Waals surface area contributed by atoms with E-state index in [1.807, 2.05) is 66.5 Å². The predicted octanol–water partition coefficient (Wildman–Crippen LogP) is 12.6. The molecule has 5 heterocycles. The van der Waals surface area contributed by atoms with Crippen LogP contribution >= 0.6 is 11.3 Å². The molecule has 2 aromatic carbocycles. The molecule has 4 N–H and O–H groups in total. The Labute approximate surface area is 466 Å². The summed E-state index contributed by atoms with van der Waals surface area (Å²) in [7, 11) is 0. The lowest BCUT2D eigenvalue weighted by atomic mass is 9.69. The molecule has 0 aliphatic heterocycles. The fraction of sp³-hybridized carbons (Fsp3) is 0.429. The van der Waals surface area contributed by atoms with Crippen molar-refractivity contribution in [3.05, 3.63) is 142 Å². The van der Waals surface area contributed by atoms with Gasteiger partial charge < -0.3 is 20.1 Å². The summed E-state index contributed by atoms with van der Waals surface area (Å²) in [5.41, 5.74) is 3.19. The molecule has 7 aromatic rings. The Bertz CT molecular complexity index is 3250. The SMILES string of the molecule is CC(C)(C)n1nccc1Nc1cccc(CC2(C(=O)NNC=O)CCC(Oc3cccc(C(F)(F)F)c3F)CC2)n1.CC(C)(C)n1nccc1Nc1cccc(CC2(c3nncs3)CCC(Oc3cccc(C(F)(F)F)c3F)CC2)n1. The van der Waals surface area contributed by atoms with E-state index in [2.05, 4.69) is 62.7 Å². The Kier molecular flexibility index (Phi) is 17.7. The van der Waals surface area contributed by atoms with E-state index >= 15 is 0 Å². The molecule has 5 aromatic heterocycles. The number of alkyl halides is 6. The van der Waals surface area contributed by atoms with Crippen LogP contribution in [0.2, 0.25) is 0 Å². The zero-order valence-corrected chi connectivity index (χ0v) is 46.1. The van der Waals surface area contributed by atoms with Crippen molar-refractivity contribution in [1.82, 2.24) is 50.6 Å². The average molecular weight is 1150 g/mol. The van der Waals surface area contributed by atoms with Gasteiger partial charge in [-0.15, -0.1) is 21.5 Å². The van der Waals surface area contributed by atoms with E-state index in [9.17, 15) is 44.7 Å². The number of halogens is 8. The summed E-state index contributed by atoms with van der Waals surface area (Å²) >= 11 is 1.47. The largest absolute Gasteiger partial charge is 0.487 e. The number of nitrogens with zero attached hydrogens (tertiary/aromatic N) is 8. The van der Waals surface area contributed by atoms with Crippen LogP contribution in [0.25, 0.3) is 0 Å². The zero-order chi connectivity index (χ0) is 58.4. The molecule has 2 fully saturated rings. The molecular weight excluding hydrogens is 1090 g/mol. The van der Waals surface area contributed by atoms with Gasteiger partial charge in [0.1, 0.15) is 33.8 Å². The highest BCUT2D eigenvalue weighted by Gasteiger charge is 2.45. The molecule has 16 nitrogen and oxygen atoms in total. The number of hydrogen-bond donors (Lipinski definition) is 4. The van der Waals surface area contributed by atoms with Crippen molar-refractivity contribution in [3.63, 3.8) is 0 Å². The maximum atomic E-state index is 14.6. The lowest BCUT2D eigenvalue weighted by Gasteiger charge is -2.38. The minimum atomic E-state index is -4.85. The summed E-state index contributed by atoms with van der Waals surface area (Å²) in [4.78, 5) is 33.6. The third kappa shape index (κ3) is 14.4. The fourth-order valence-electron chi connectivity index (χ4n) is 10.2. The number of carbonyl (C=O) groups excluding carboxylic acids is 2. The first-order valence-corrected chi connectivity index (χ1v) is 27.0. The Hall–Kier alpha value is -7.70. The Balaban J connectivity index is 0.000000212. The highest BCUT2D eigenvalue weighted by atomic mass is 32.1. The molecule has 432 valence electrons. The smallest absolute Gasteiger partial charge is 0.419 e. The number of aromatic nitrogens is 8. The normalized spacial score (nSPS) is 19.6. The molecule has 81 heavy (non-hydrogen) atoms. The first-order chi connectivity index (χ1) is 38.3. The van der Waals surface area contributed by atoms with Gasteiger partial charge in [-0.1, -0.05) is 24.3 Å². The molecule has 0 spiro atoms. The third-order valence-corrected chi connectivity index (χ3v) is 15.1. The number of pyridine rings is 2. The van der Waals surface area contributed by atoms with E-state index in [1.165, 1.54) is 17.4 Å². The van der Waals surface area contributed by atoms with E-state index < -0.39 is 64.4 Å². The van der Waals surface area contributed by atoms with Gasteiger partial charge in [-0.25, -0.2) is 28.1 Å². The van der Waals surface area contributed by atoms with E-state index in [0.717, 1.165) is 46.6 Å². The van der Waals surface area contributed by atoms with Crippen LogP contribution in [0, 0.1) is 17.0 Å². The number of anilines is 4. The van der Waals surface area contributed by atoms with Crippen LogP contribution < -0.4 is 31.0 Å². The lowest BCUT2D eigenvalue weighted by Crippen LogP contribution is -2.50. The molecular formula is C56H62F8N12O4S. The molecule has 2 saturated carbocycles. The number of rotatable bonds is 16. The van der Waals surface area contributed by atoms with Gasteiger partial charge in [-0.2, -0.15) is 36.5 Å². The van der Waals surface area contributed by atoms with Gasteiger partial charge in [0.25, 0.3) is 0 Å². The highest BCUT2D eigenvalue weighted by Crippen LogP contribution is 2.46. The molecule has 25 heteroatoms. The van der Waals surface area contributed by atoms with Crippen LogP contribution in [-0.4, -0.2) is 64.3 Å². The predicted molar refractivity (Wildman–Crippen MR) is 287 cm³/mol. The maximum absolute atomic E-state index is 14.6. The number of carbonyl (C=O) groups is 2. The molecule has 2 aliphatic rings. The van der Waals surface area contributed by atoms with Gasteiger partial charge in [-0.3, -0.25) is 20.4 Å². The number of hydrazine groups is 1. The second-order valence-electron chi connectivity index (χ2n) is 22.1. The van der Waals surface area contributed by atoms with Gasteiger partial charge >= 0.3 is 12.4 Å². The molecule has 0 atom stereocenters. The van der Waals surface area contributed by atoms with Crippen molar-refractivity contribution in [3.8, 4) is 11.5 Å². The summed E-state index contributed by atoms with van der Waals surface area (Å²) in [6.07, 6.45) is -2.66. The van der Waals surface area contributed by atoms with Crippen molar-refractivity contribution >= 4 is 46.9 Å². The van der Waals surface area contributed by atoms with Crippen molar-refractivity contribution in [2.75, 3.05) is 10.6 Å². The lowest BCUT2D eigenvalue weighted by molar-refractivity contribution is -0.141. The second kappa shape index (κ2) is 24.2.